The SMILES string of the molecule is CC(Cc1ccc(OC2CCCSC2)cc1)C(=O)O. The van der Waals surface area contributed by atoms with Crippen LogP contribution in [-0.2, 0) is 11.2 Å². The van der Waals surface area contributed by atoms with Gasteiger partial charge in [0.15, 0.2) is 0 Å². The van der Waals surface area contributed by atoms with Crippen molar-refractivity contribution < 1.29 is 14.6 Å². The first-order valence-corrected chi connectivity index (χ1v) is 7.87. The van der Waals surface area contributed by atoms with Crippen LogP contribution in [0.15, 0.2) is 24.3 Å². The highest BCUT2D eigenvalue weighted by atomic mass is 32.2. The molecule has 0 spiro atoms. The van der Waals surface area contributed by atoms with Crippen molar-refractivity contribution in [2.45, 2.75) is 32.3 Å². The summed E-state index contributed by atoms with van der Waals surface area (Å²) in [5, 5.41) is 8.89. The predicted molar refractivity (Wildman–Crippen MR) is 77.9 cm³/mol. The molecule has 2 unspecified atom stereocenters. The van der Waals surface area contributed by atoms with E-state index in [4.69, 9.17) is 9.84 Å². The van der Waals surface area contributed by atoms with E-state index in [-0.39, 0.29) is 5.92 Å². The first-order chi connectivity index (χ1) is 9.15. The largest absolute Gasteiger partial charge is 0.490 e. The van der Waals surface area contributed by atoms with Crippen molar-refractivity contribution in [1.82, 2.24) is 0 Å². The fourth-order valence-corrected chi connectivity index (χ4v) is 3.18. The average Bonchev–Trinajstić information content (AvgIpc) is 2.42. The summed E-state index contributed by atoms with van der Waals surface area (Å²) in [6, 6.07) is 7.82. The predicted octanol–water partition coefficient (Wildman–Crippen LogP) is 3.22. The Morgan fingerprint density at radius 1 is 1.47 bits per heavy atom. The molecule has 2 atom stereocenters. The van der Waals surface area contributed by atoms with Gasteiger partial charge in [-0.05, 0) is 42.7 Å². The summed E-state index contributed by atoms with van der Waals surface area (Å²) in [6.45, 7) is 1.73. The molecule has 0 amide bonds. The van der Waals surface area contributed by atoms with Crippen LogP contribution in [0.25, 0.3) is 0 Å². The lowest BCUT2D eigenvalue weighted by molar-refractivity contribution is -0.141. The third-order valence-electron chi connectivity index (χ3n) is 3.31. The minimum atomic E-state index is -0.750. The molecule has 1 aliphatic rings. The van der Waals surface area contributed by atoms with Gasteiger partial charge in [0, 0.05) is 5.75 Å². The molecule has 104 valence electrons. The van der Waals surface area contributed by atoms with E-state index < -0.39 is 5.97 Å². The standard InChI is InChI=1S/C15H20O3S/c1-11(15(16)17)9-12-4-6-13(7-5-12)18-14-3-2-8-19-10-14/h4-7,11,14H,2-3,8-10H2,1H3,(H,16,17). The van der Waals surface area contributed by atoms with E-state index in [0.717, 1.165) is 23.5 Å². The molecule has 0 aromatic heterocycles. The van der Waals surface area contributed by atoms with Crippen LogP contribution in [0.5, 0.6) is 5.75 Å². The quantitative estimate of drug-likeness (QED) is 0.899. The zero-order valence-electron chi connectivity index (χ0n) is 11.2. The second kappa shape index (κ2) is 6.85. The first kappa shape index (κ1) is 14.3. The van der Waals surface area contributed by atoms with Gasteiger partial charge in [0.05, 0.1) is 5.92 Å². The third-order valence-corrected chi connectivity index (χ3v) is 4.49. The lowest BCUT2D eigenvalue weighted by Crippen LogP contribution is -2.23. The van der Waals surface area contributed by atoms with E-state index in [1.165, 1.54) is 12.2 Å². The second-order valence-corrected chi connectivity index (χ2v) is 6.19. The Hall–Kier alpha value is -1.16. The van der Waals surface area contributed by atoms with Gasteiger partial charge in [0.25, 0.3) is 0 Å². The number of carboxylic acids is 1. The number of benzene rings is 1. The number of thioether (sulfide) groups is 1. The molecule has 2 rings (SSSR count). The van der Waals surface area contributed by atoms with E-state index in [2.05, 4.69) is 0 Å². The van der Waals surface area contributed by atoms with Crippen molar-refractivity contribution >= 4 is 17.7 Å². The molecular formula is C15H20O3S. The van der Waals surface area contributed by atoms with Crippen molar-refractivity contribution in [3.63, 3.8) is 0 Å². The molecule has 19 heavy (non-hydrogen) atoms. The Morgan fingerprint density at radius 3 is 2.79 bits per heavy atom. The van der Waals surface area contributed by atoms with Gasteiger partial charge in [0.2, 0.25) is 0 Å². The molecule has 3 nitrogen and oxygen atoms in total. The molecule has 1 fully saturated rings. The van der Waals surface area contributed by atoms with Crippen molar-refractivity contribution in [3.8, 4) is 5.75 Å². The summed E-state index contributed by atoms with van der Waals surface area (Å²) in [4.78, 5) is 10.8. The maximum atomic E-state index is 10.8. The maximum Gasteiger partial charge on any atom is 0.306 e. The highest BCUT2D eigenvalue weighted by Crippen LogP contribution is 2.23. The summed E-state index contributed by atoms with van der Waals surface area (Å²) in [7, 11) is 0. The van der Waals surface area contributed by atoms with E-state index in [1.54, 1.807) is 6.92 Å². The molecule has 1 aromatic rings. The van der Waals surface area contributed by atoms with Crippen LogP contribution in [0.4, 0.5) is 0 Å². The lowest BCUT2D eigenvalue weighted by atomic mass is 10.0. The highest BCUT2D eigenvalue weighted by Gasteiger charge is 2.15. The molecule has 1 N–H and O–H groups in total. The summed E-state index contributed by atoms with van der Waals surface area (Å²) in [5.74, 6) is 2.10. The summed E-state index contributed by atoms with van der Waals surface area (Å²) in [5.41, 5.74) is 1.04. The Kier molecular flexibility index (Phi) is 5.14. The molecular weight excluding hydrogens is 260 g/mol. The van der Waals surface area contributed by atoms with Crippen molar-refractivity contribution in [2.24, 2.45) is 5.92 Å². The van der Waals surface area contributed by atoms with Gasteiger partial charge in [0.1, 0.15) is 11.9 Å². The van der Waals surface area contributed by atoms with E-state index in [1.807, 2.05) is 36.0 Å². The Morgan fingerprint density at radius 2 is 2.21 bits per heavy atom. The molecule has 1 heterocycles. The summed E-state index contributed by atoms with van der Waals surface area (Å²) in [6.07, 6.45) is 3.24. The van der Waals surface area contributed by atoms with Crippen LogP contribution in [0, 0.1) is 5.92 Å². The van der Waals surface area contributed by atoms with Crippen molar-refractivity contribution in [1.29, 1.82) is 0 Å². The summed E-state index contributed by atoms with van der Waals surface area (Å²) < 4.78 is 5.93. The number of carbonyl (C=O) groups is 1. The smallest absolute Gasteiger partial charge is 0.306 e. The van der Waals surface area contributed by atoms with Gasteiger partial charge in [-0.2, -0.15) is 11.8 Å². The number of carboxylic acid groups (broad SMARTS) is 1. The number of hydrogen-bond donors (Lipinski definition) is 1. The van der Waals surface area contributed by atoms with Crippen LogP contribution in [0.3, 0.4) is 0 Å². The normalized spacial score (nSPS) is 20.8. The van der Waals surface area contributed by atoms with Crippen molar-refractivity contribution in [2.75, 3.05) is 11.5 Å². The van der Waals surface area contributed by atoms with Crippen LogP contribution >= 0.6 is 11.8 Å². The van der Waals surface area contributed by atoms with Gasteiger partial charge in [-0.15, -0.1) is 0 Å². The van der Waals surface area contributed by atoms with Crippen molar-refractivity contribution in [3.05, 3.63) is 29.8 Å². The molecule has 0 saturated carbocycles. The Balaban J connectivity index is 1.88. The Labute approximate surface area is 118 Å². The molecule has 1 saturated heterocycles. The van der Waals surface area contributed by atoms with E-state index in [0.29, 0.717) is 12.5 Å². The van der Waals surface area contributed by atoms with Crippen LogP contribution in [0.2, 0.25) is 0 Å². The topological polar surface area (TPSA) is 46.5 Å². The fourth-order valence-electron chi connectivity index (χ4n) is 2.14. The van der Waals surface area contributed by atoms with E-state index >= 15 is 0 Å². The monoisotopic (exact) mass is 280 g/mol. The van der Waals surface area contributed by atoms with Gasteiger partial charge in [-0.1, -0.05) is 19.1 Å². The van der Waals surface area contributed by atoms with Crippen LogP contribution < -0.4 is 4.74 Å². The molecule has 0 radical (unpaired) electrons. The zero-order valence-corrected chi connectivity index (χ0v) is 12.0. The number of rotatable bonds is 5. The fraction of sp³-hybridized carbons (Fsp3) is 0.533. The minimum absolute atomic E-state index is 0.322. The second-order valence-electron chi connectivity index (χ2n) is 5.04. The number of hydrogen-bond acceptors (Lipinski definition) is 3. The lowest BCUT2D eigenvalue weighted by Gasteiger charge is -2.22. The molecule has 4 heteroatoms. The van der Waals surface area contributed by atoms with Crippen LogP contribution in [0.1, 0.15) is 25.3 Å². The third kappa shape index (κ3) is 4.46. The zero-order chi connectivity index (χ0) is 13.7. The molecule has 0 aliphatic carbocycles. The first-order valence-electron chi connectivity index (χ1n) is 6.71. The number of ether oxygens (including phenoxy) is 1. The maximum absolute atomic E-state index is 10.8. The van der Waals surface area contributed by atoms with Crippen LogP contribution in [-0.4, -0.2) is 28.7 Å². The average molecular weight is 280 g/mol. The highest BCUT2D eigenvalue weighted by molar-refractivity contribution is 7.99. The molecule has 0 bridgehead atoms. The van der Waals surface area contributed by atoms with E-state index in [9.17, 15) is 4.79 Å². The minimum Gasteiger partial charge on any atom is -0.490 e. The number of aliphatic carboxylic acids is 1. The molecule has 1 aliphatic heterocycles. The van der Waals surface area contributed by atoms with Gasteiger partial charge >= 0.3 is 5.97 Å². The Bertz CT molecular complexity index is 410. The molecule has 1 aromatic carbocycles. The summed E-state index contributed by atoms with van der Waals surface area (Å²) >= 11 is 1.95. The van der Waals surface area contributed by atoms with Gasteiger partial charge in [-0.3, -0.25) is 4.79 Å². The van der Waals surface area contributed by atoms with Gasteiger partial charge in [-0.25, -0.2) is 0 Å². The van der Waals surface area contributed by atoms with Gasteiger partial charge < -0.3 is 9.84 Å².